The Bertz CT molecular complexity index is 528. The second-order valence-corrected chi connectivity index (χ2v) is 5.56. The number of hydrogen-bond donors (Lipinski definition) is 2. The molecule has 0 aromatic heterocycles. The second kappa shape index (κ2) is 5.63. The molecule has 1 heterocycles. The maximum atomic E-state index is 12.4. The van der Waals surface area contributed by atoms with E-state index in [1.165, 1.54) is 4.90 Å². The van der Waals surface area contributed by atoms with Crippen molar-refractivity contribution >= 4 is 11.9 Å². The molecule has 0 saturated heterocycles. The number of carbonyl (C=O) groups excluding carboxylic acids is 1. The average molecular weight is 276 g/mol. The maximum Gasteiger partial charge on any atom is 0.326 e. The van der Waals surface area contributed by atoms with Crippen molar-refractivity contribution in [2.75, 3.05) is 0 Å². The molecule has 108 valence electrons. The minimum atomic E-state index is -0.983. The van der Waals surface area contributed by atoms with Crippen LogP contribution < -0.4 is 5.73 Å². The lowest BCUT2D eigenvalue weighted by Crippen LogP contribution is -2.55. The molecule has 3 N–H and O–H groups in total. The highest BCUT2D eigenvalue weighted by atomic mass is 16.4. The molecule has 0 spiro atoms. The number of nitrogens with two attached hydrogens (primary N) is 1. The largest absolute Gasteiger partial charge is 0.480 e. The van der Waals surface area contributed by atoms with Gasteiger partial charge < -0.3 is 15.7 Å². The SMILES string of the molecule is CC(C)[C@@H](N)C(=O)N1Cc2ccccc2CC1C(=O)O. The van der Waals surface area contributed by atoms with E-state index >= 15 is 0 Å². The Balaban J connectivity index is 2.31. The van der Waals surface area contributed by atoms with Gasteiger partial charge in [0, 0.05) is 13.0 Å². The molecular weight excluding hydrogens is 256 g/mol. The third kappa shape index (κ3) is 2.67. The minimum Gasteiger partial charge on any atom is -0.480 e. The topological polar surface area (TPSA) is 83.6 Å². The maximum absolute atomic E-state index is 12.4. The van der Waals surface area contributed by atoms with Gasteiger partial charge in [-0.25, -0.2) is 4.79 Å². The van der Waals surface area contributed by atoms with Crippen molar-refractivity contribution in [2.24, 2.45) is 11.7 Å². The molecule has 1 amide bonds. The predicted octanol–water partition coefficient (Wildman–Crippen LogP) is 1.01. The first-order valence-corrected chi connectivity index (χ1v) is 6.77. The standard InChI is InChI=1S/C15H20N2O3/c1-9(2)13(16)14(18)17-8-11-6-4-3-5-10(11)7-12(17)15(19)20/h3-6,9,12-13H,7-8,16H2,1-2H3,(H,19,20)/t12?,13-/m1/s1. The van der Waals surface area contributed by atoms with Gasteiger partial charge in [-0.15, -0.1) is 0 Å². The summed E-state index contributed by atoms with van der Waals surface area (Å²) < 4.78 is 0. The zero-order chi connectivity index (χ0) is 14.9. The molecular formula is C15H20N2O3. The molecule has 0 bridgehead atoms. The molecule has 2 rings (SSSR count). The first kappa shape index (κ1) is 14.5. The third-order valence-corrected chi connectivity index (χ3v) is 3.82. The minimum absolute atomic E-state index is 0.0193. The number of benzene rings is 1. The van der Waals surface area contributed by atoms with Gasteiger partial charge in [0.25, 0.3) is 0 Å². The van der Waals surface area contributed by atoms with E-state index in [1.54, 1.807) is 0 Å². The number of rotatable bonds is 3. The number of carbonyl (C=O) groups is 2. The highest BCUT2D eigenvalue weighted by Gasteiger charge is 2.36. The Labute approximate surface area is 118 Å². The van der Waals surface area contributed by atoms with E-state index in [0.717, 1.165) is 11.1 Å². The highest BCUT2D eigenvalue weighted by Crippen LogP contribution is 2.24. The summed E-state index contributed by atoms with van der Waals surface area (Å²) in [6.45, 7) is 4.03. The molecule has 5 heteroatoms. The van der Waals surface area contributed by atoms with Crippen molar-refractivity contribution in [2.45, 2.75) is 38.9 Å². The Kier molecular flexibility index (Phi) is 4.09. The van der Waals surface area contributed by atoms with E-state index in [-0.39, 0.29) is 11.8 Å². The molecule has 0 saturated carbocycles. The van der Waals surface area contributed by atoms with Gasteiger partial charge in [-0.2, -0.15) is 0 Å². The van der Waals surface area contributed by atoms with Gasteiger partial charge in [0.15, 0.2) is 0 Å². The lowest BCUT2D eigenvalue weighted by Gasteiger charge is -2.36. The van der Waals surface area contributed by atoms with Crippen molar-refractivity contribution in [1.29, 1.82) is 0 Å². The van der Waals surface area contributed by atoms with E-state index in [9.17, 15) is 14.7 Å². The molecule has 1 aromatic carbocycles. The summed E-state index contributed by atoms with van der Waals surface area (Å²) in [6, 6.07) is 6.12. The summed E-state index contributed by atoms with van der Waals surface area (Å²) in [5, 5.41) is 9.37. The molecule has 2 atom stereocenters. The summed E-state index contributed by atoms with van der Waals surface area (Å²) in [7, 11) is 0. The van der Waals surface area contributed by atoms with E-state index in [4.69, 9.17) is 5.73 Å². The van der Waals surface area contributed by atoms with Crippen molar-refractivity contribution in [3.05, 3.63) is 35.4 Å². The lowest BCUT2D eigenvalue weighted by molar-refractivity contribution is -0.152. The van der Waals surface area contributed by atoms with Crippen LogP contribution in [0.4, 0.5) is 0 Å². The van der Waals surface area contributed by atoms with Gasteiger partial charge in [0.2, 0.25) is 5.91 Å². The van der Waals surface area contributed by atoms with Gasteiger partial charge in [-0.1, -0.05) is 38.1 Å². The molecule has 0 fully saturated rings. The van der Waals surface area contributed by atoms with Crippen LogP contribution in [0, 0.1) is 5.92 Å². The zero-order valence-electron chi connectivity index (χ0n) is 11.7. The first-order chi connectivity index (χ1) is 9.41. The summed E-state index contributed by atoms with van der Waals surface area (Å²) in [5.41, 5.74) is 7.87. The van der Waals surface area contributed by atoms with Crippen molar-refractivity contribution in [3.8, 4) is 0 Å². The Hall–Kier alpha value is -1.88. The van der Waals surface area contributed by atoms with E-state index in [1.807, 2.05) is 38.1 Å². The van der Waals surface area contributed by atoms with Crippen LogP contribution in [0.5, 0.6) is 0 Å². The van der Waals surface area contributed by atoms with Gasteiger partial charge in [-0.3, -0.25) is 4.79 Å². The van der Waals surface area contributed by atoms with Crippen LogP contribution >= 0.6 is 0 Å². The van der Waals surface area contributed by atoms with E-state index in [0.29, 0.717) is 13.0 Å². The van der Waals surface area contributed by atoms with Crippen LogP contribution in [0.1, 0.15) is 25.0 Å². The summed E-state index contributed by atoms with van der Waals surface area (Å²) in [5.74, 6) is -1.29. The Morgan fingerprint density at radius 3 is 2.45 bits per heavy atom. The number of carboxylic acids is 1. The monoisotopic (exact) mass is 276 g/mol. The zero-order valence-corrected chi connectivity index (χ0v) is 11.7. The van der Waals surface area contributed by atoms with Crippen LogP contribution in [0.3, 0.4) is 0 Å². The summed E-state index contributed by atoms with van der Waals surface area (Å²) >= 11 is 0. The third-order valence-electron chi connectivity index (χ3n) is 3.82. The van der Waals surface area contributed by atoms with Gasteiger partial charge in [0.1, 0.15) is 6.04 Å². The molecule has 5 nitrogen and oxygen atoms in total. The van der Waals surface area contributed by atoms with Crippen LogP contribution in [0.2, 0.25) is 0 Å². The average Bonchev–Trinajstić information content (AvgIpc) is 2.44. The fourth-order valence-corrected chi connectivity index (χ4v) is 2.45. The van der Waals surface area contributed by atoms with Crippen molar-refractivity contribution < 1.29 is 14.7 Å². The number of amides is 1. The molecule has 20 heavy (non-hydrogen) atoms. The van der Waals surface area contributed by atoms with Crippen LogP contribution in [-0.4, -0.2) is 34.0 Å². The van der Waals surface area contributed by atoms with Crippen molar-refractivity contribution in [3.63, 3.8) is 0 Å². The number of aliphatic carboxylic acids is 1. The summed E-state index contributed by atoms with van der Waals surface area (Å²) in [4.78, 5) is 25.2. The number of hydrogen-bond acceptors (Lipinski definition) is 3. The molecule has 1 unspecified atom stereocenters. The molecule has 1 aliphatic rings. The lowest BCUT2D eigenvalue weighted by atomic mass is 9.92. The normalized spacial score (nSPS) is 19.6. The quantitative estimate of drug-likeness (QED) is 0.863. The fraction of sp³-hybridized carbons (Fsp3) is 0.467. The Morgan fingerprint density at radius 1 is 1.30 bits per heavy atom. The van der Waals surface area contributed by atoms with Crippen LogP contribution in [0.25, 0.3) is 0 Å². The van der Waals surface area contributed by atoms with E-state index < -0.39 is 18.1 Å². The number of carboxylic acid groups (broad SMARTS) is 1. The second-order valence-electron chi connectivity index (χ2n) is 5.56. The van der Waals surface area contributed by atoms with Crippen LogP contribution in [-0.2, 0) is 22.6 Å². The fourth-order valence-electron chi connectivity index (χ4n) is 2.45. The molecule has 0 radical (unpaired) electrons. The van der Waals surface area contributed by atoms with Gasteiger partial charge in [-0.05, 0) is 17.0 Å². The first-order valence-electron chi connectivity index (χ1n) is 6.77. The molecule has 0 aliphatic carbocycles. The highest BCUT2D eigenvalue weighted by molar-refractivity contribution is 5.87. The number of fused-ring (bicyclic) bond motifs is 1. The number of nitrogens with zero attached hydrogens (tertiary/aromatic N) is 1. The van der Waals surface area contributed by atoms with E-state index in [2.05, 4.69) is 0 Å². The predicted molar refractivity (Wildman–Crippen MR) is 74.9 cm³/mol. The van der Waals surface area contributed by atoms with Gasteiger partial charge >= 0.3 is 5.97 Å². The van der Waals surface area contributed by atoms with Gasteiger partial charge in [0.05, 0.1) is 6.04 Å². The molecule has 1 aromatic rings. The summed E-state index contributed by atoms with van der Waals surface area (Å²) in [6.07, 6.45) is 0.335. The molecule has 1 aliphatic heterocycles. The van der Waals surface area contributed by atoms with Crippen molar-refractivity contribution in [1.82, 2.24) is 4.90 Å². The van der Waals surface area contributed by atoms with Crippen LogP contribution in [0.15, 0.2) is 24.3 Å². The Morgan fingerprint density at radius 2 is 1.90 bits per heavy atom. The smallest absolute Gasteiger partial charge is 0.326 e.